The van der Waals surface area contributed by atoms with Crippen LogP contribution in [0.25, 0.3) is 0 Å². The summed E-state index contributed by atoms with van der Waals surface area (Å²) in [5.74, 6) is 0. The van der Waals surface area contributed by atoms with Gasteiger partial charge in [-0.25, -0.2) is 0 Å². The van der Waals surface area contributed by atoms with Crippen molar-refractivity contribution in [2.75, 3.05) is 0 Å². The van der Waals surface area contributed by atoms with Gasteiger partial charge in [0.15, 0.2) is 0 Å². The molecule has 1 atom stereocenters. The van der Waals surface area contributed by atoms with Gasteiger partial charge >= 0.3 is 0 Å². The van der Waals surface area contributed by atoms with Crippen LogP contribution in [-0.2, 0) is 0 Å². The zero-order valence-corrected chi connectivity index (χ0v) is 12.5. The van der Waals surface area contributed by atoms with Gasteiger partial charge in [0.05, 0.1) is 6.10 Å². The van der Waals surface area contributed by atoms with Crippen molar-refractivity contribution in [1.82, 2.24) is 0 Å². The number of aliphatic hydroxyl groups excluding tert-OH is 1. The first-order valence-corrected chi connectivity index (χ1v) is 7.51. The SMILES string of the molecule is CC[C@@H](O)c1ccc(Sc2ccc(Br)cc2)cc1. The molecule has 94 valence electrons. The lowest BCUT2D eigenvalue weighted by Crippen LogP contribution is -1.93. The van der Waals surface area contributed by atoms with Crippen LogP contribution in [0.4, 0.5) is 0 Å². The Morgan fingerprint density at radius 1 is 1.00 bits per heavy atom. The third kappa shape index (κ3) is 3.61. The van der Waals surface area contributed by atoms with Gasteiger partial charge in [-0.3, -0.25) is 0 Å². The Kier molecular flexibility index (Phi) is 4.87. The zero-order valence-electron chi connectivity index (χ0n) is 10.1. The predicted octanol–water partition coefficient (Wildman–Crippen LogP) is 5.04. The van der Waals surface area contributed by atoms with Crippen LogP contribution >= 0.6 is 27.7 Å². The zero-order chi connectivity index (χ0) is 13.0. The molecule has 0 aliphatic heterocycles. The Hall–Kier alpha value is -0.770. The van der Waals surface area contributed by atoms with E-state index >= 15 is 0 Å². The summed E-state index contributed by atoms with van der Waals surface area (Å²) < 4.78 is 1.09. The molecule has 1 nitrogen and oxygen atoms in total. The van der Waals surface area contributed by atoms with Gasteiger partial charge in [0.2, 0.25) is 0 Å². The number of rotatable bonds is 4. The highest BCUT2D eigenvalue weighted by Crippen LogP contribution is 2.29. The average Bonchev–Trinajstić information content (AvgIpc) is 2.41. The van der Waals surface area contributed by atoms with Gasteiger partial charge in [0, 0.05) is 14.3 Å². The first kappa shape index (κ1) is 13.7. The lowest BCUT2D eigenvalue weighted by atomic mass is 10.1. The van der Waals surface area contributed by atoms with Crippen molar-refractivity contribution >= 4 is 27.7 Å². The molecule has 0 saturated heterocycles. The van der Waals surface area contributed by atoms with Crippen LogP contribution in [0.15, 0.2) is 62.8 Å². The second kappa shape index (κ2) is 6.41. The fraction of sp³-hybridized carbons (Fsp3) is 0.200. The van der Waals surface area contributed by atoms with E-state index in [1.165, 1.54) is 9.79 Å². The Bertz CT molecular complexity index is 493. The average molecular weight is 323 g/mol. The van der Waals surface area contributed by atoms with Crippen molar-refractivity contribution in [3.8, 4) is 0 Å². The van der Waals surface area contributed by atoms with Gasteiger partial charge in [-0.05, 0) is 48.4 Å². The van der Waals surface area contributed by atoms with Crippen molar-refractivity contribution in [2.45, 2.75) is 29.2 Å². The summed E-state index contributed by atoms with van der Waals surface area (Å²) in [6, 6.07) is 16.4. The number of hydrogen-bond donors (Lipinski definition) is 1. The van der Waals surface area contributed by atoms with Crippen molar-refractivity contribution in [3.05, 3.63) is 58.6 Å². The molecule has 0 spiro atoms. The monoisotopic (exact) mass is 322 g/mol. The molecule has 3 heteroatoms. The summed E-state index contributed by atoms with van der Waals surface area (Å²) in [6.45, 7) is 1.98. The number of aliphatic hydroxyl groups is 1. The van der Waals surface area contributed by atoms with Crippen LogP contribution in [0.3, 0.4) is 0 Å². The first-order chi connectivity index (χ1) is 8.69. The van der Waals surface area contributed by atoms with Gasteiger partial charge in [0.25, 0.3) is 0 Å². The smallest absolute Gasteiger partial charge is 0.0787 e. The third-order valence-corrected chi connectivity index (χ3v) is 4.25. The third-order valence-electron chi connectivity index (χ3n) is 2.70. The topological polar surface area (TPSA) is 20.2 Å². The summed E-state index contributed by atoms with van der Waals surface area (Å²) in [6.07, 6.45) is 0.399. The Balaban J connectivity index is 2.08. The van der Waals surface area contributed by atoms with Gasteiger partial charge in [-0.2, -0.15) is 0 Å². The van der Waals surface area contributed by atoms with E-state index in [0.717, 1.165) is 16.5 Å². The molecule has 0 bridgehead atoms. The van der Waals surface area contributed by atoms with Crippen LogP contribution in [0.1, 0.15) is 25.0 Å². The van der Waals surface area contributed by atoms with Crippen LogP contribution in [0, 0.1) is 0 Å². The van der Waals surface area contributed by atoms with Gasteiger partial charge < -0.3 is 5.11 Å². The second-order valence-electron chi connectivity index (χ2n) is 4.05. The molecule has 0 unspecified atom stereocenters. The molecular weight excluding hydrogens is 308 g/mol. The van der Waals surface area contributed by atoms with E-state index in [0.29, 0.717) is 0 Å². The van der Waals surface area contributed by atoms with Crippen LogP contribution < -0.4 is 0 Å². The Morgan fingerprint density at radius 3 is 2.00 bits per heavy atom. The Labute approximate surface area is 120 Å². The fourth-order valence-electron chi connectivity index (χ4n) is 1.63. The van der Waals surface area contributed by atoms with Gasteiger partial charge in [0.1, 0.15) is 0 Å². The molecule has 18 heavy (non-hydrogen) atoms. The van der Waals surface area contributed by atoms with E-state index in [2.05, 4.69) is 40.2 Å². The summed E-state index contributed by atoms with van der Waals surface area (Å²) in [5, 5.41) is 9.73. The number of halogens is 1. The quantitative estimate of drug-likeness (QED) is 0.850. The molecule has 2 aromatic carbocycles. The maximum Gasteiger partial charge on any atom is 0.0787 e. The molecule has 1 N–H and O–H groups in total. The molecule has 0 aromatic heterocycles. The molecule has 0 heterocycles. The summed E-state index contributed by atoms with van der Waals surface area (Å²) in [5.41, 5.74) is 0.984. The van der Waals surface area contributed by atoms with Crippen LogP contribution in [0.5, 0.6) is 0 Å². The van der Waals surface area contributed by atoms with E-state index in [4.69, 9.17) is 0 Å². The lowest BCUT2D eigenvalue weighted by Gasteiger charge is -2.08. The predicted molar refractivity (Wildman–Crippen MR) is 80.0 cm³/mol. The molecule has 0 aliphatic carbocycles. The van der Waals surface area contributed by atoms with E-state index in [1.54, 1.807) is 11.8 Å². The highest BCUT2D eigenvalue weighted by molar-refractivity contribution is 9.10. The van der Waals surface area contributed by atoms with Crippen LogP contribution in [-0.4, -0.2) is 5.11 Å². The minimum atomic E-state index is -0.350. The molecule has 2 rings (SSSR count). The lowest BCUT2D eigenvalue weighted by molar-refractivity contribution is 0.173. The summed E-state index contributed by atoms with van der Waals surface area (Å²) >= 11 is 5.15. The van der Waals surface area contributed by atoms with Crippen molar-refractivity contribution in [1.29, 1.82) is 0 Å². The van der Waals surface area contributed by atoms with Gasteiger partial charge in [-0.15, -0.1) is 0 Å². The number of hydrogen-bond acceptors (Lipinski definition) is 2. The highest BCUT2D eigenvalue weighted by Gasteiger charge is 2.04. The number of benzene rings is 2. The largest absolute Gasteiger partial charge is 0.388 e. The summed E-state index contributed by atoms with van der Waals surface area (Å²) in [7, 11) is 0. The summed E-state index contributed by atoms with van der Waals surface area (Å²) in [4.78, 5) is 2.39. The van der Waals surface area contributed by atoms with Crippen molar-refractivity contribution in [3.63, 3.8) is 0 Å². The fourth-order valence-corrected chi connectivity index (χ4v) is 2.71. The van der Waals surface area contributed by atoms with Gasteiger partial charge in [-0.1, -0.05) is 46.7 Å². The van der Waals surface area contributed by atoms with E-state index in [9.17, 15) is 5.11 Å². The maximum absolute atomic E-state index is 9.73. The standard InChI is InChI=1S/C15H15BrOS/c1-2-15(17)11-3-7-13(8-4-11)18-14-9-5-12(16)6-10-14/h3-10,15,17H,2H2,1H3/t15-/m1/s1. The molecule has 2 aromatic rings. The molecule has 0 fully saturated rings. The minimum absolute atomic E-state index is 0.350. The van der Waals surface area contributed by atoms with E-state index < -0.39 is 0 Å². The molecule has 0 amide bonds. The maximum atomic E-state index is 9.73. The van der Waals surface area contributed by atoms with E-state index in [1.807, 2.05) is 31.2 Å². The van der Waals surface area contributed by atoms with Crippen LogP contribution in [0.2, 0.25) is 0 Å². The van der Waals surface area contributed by atoms with Crippen molar-refractivity contribution in [2.24, 2.45) is 0 Å². The van der Waals surface area contributed by atoms with E-state index in [-0.39, 0.29) is 6.10 Å². The molecule has 0 radical (unpaired) electrons. The minimum Gasteiger partial charge on any atom is -0.388 e. The Morgan fingerprint density at radius 2 is 1.50 bits per heavy atom. The molecular formula is C15H15BrOS. The first-order valence-electron chi connectivity index (χ1n) is 5.90. The molecule has 0 aliphatic rings. The second-order valence-corrected chi connectivity index (χ2v) is 6.11. The van der Waals surface area contributed by atoms with Crippen molar-refractivity contribution < 1.29 is 5.11 Å². The molecule has 0 saturated carbocycles. The highest BCUT2D eigenvalue weighted by atomic mass is 79.9. The normalized spacial score (nSPS) is 12.4.